The summed E-state index contributed by atoms with van der Waals surface area (Å²) in [5.41, 5.74) is -0.236. The average Bonchev–Trinajstić information content (AvgIpc) is 3.08. The van der Waals surface area contributed by atoms with Crippen LogP contribution < -0.4 is 0 Å². The molecule has 0 saturated heterocycles. The summed E-state index contributed by atoms with van der Waals surface area (Å²) in [7, 11) is 0. The molecule has 3 rings (SSSR count). The van der Waals surface area contributed by atoms with Crippen LogP contribution in [-0.4, -0.2) is 48.0 Å². The highest BCUT2D eigenvalue weighted by Crippen LogP contribution is 2.30. The van der Waals surface area contributed by atoms with Crippen LogP contribution >= 0.6 is 0 Å². The Morgan fingerprint density at radius 2 is 1.79 bits per heavy atom. The van der Waals surface area contributed by atoms with Crippen molar-refractivity contribution in [2.45, 2.75) is 31.6 Å². The third kappa shape index (κ3) is 5.07. The summed E-state index contributed by atoms with van der Waals surface area (Å²) in [6.45, 7) is 1.03. The van der Waals surface area contributed by atoms with Gasteiger partial charge in [-0.3, -0.25) is 4.79 Å². The molecule has 152 valence electrons. The third-order valence-electron chi connectivity index (χ3n) is 4.38. The summed E-state index contributed by atoms with van der Waals surface area (Å²) >= 11 is 0. The molecule has 7 nitrogen and oxygen atoms in total. The maximum absolute atomic E-state index is 12.9. The minimum Gasteiger partial charge on any atom is -0.463 e. The van der Waals surface area contributed by atoms with Crippen LogP contribution in [0.4, 0.5) is 0 Å². The summed E-state index contributed by atoms with van der Waals surface area (Å²) in [6, 6.07) is 18.3. The van der Waals surface area contributed by atoms with Gasteiger partial charge in [0.15, 0.2) is 0 Å². The van der Waals surface area contributed by atoms with Gasteiger partial charge >= 0.3 is 11.9 Å². The van der Waals surface area contributed by atoms with E-state index in [9.17, 15) is 14.7 Å². The Kier molecular flexibility index (Phi) is 6.74. The van der Waals surface area contributed by atoms with Gasteiger partial charge in [-0.2, -0.15) is 0 Å². The number of esters is 2. The van der Waals surface area contributed by atoms with Gasteiger partial charge in [-0.05, 0) is 17.7 Å². The molecule has 0 radical (unpaired) electrons. The zero-order valence-corrected chi connectivity index (χ0v) is 16.1. The lowest BCUT2D eigenvalue weighted by Crippen LogP contribution is -2.45. The molecular formula is C22H23NO6. The predicted octanol–water partition coefficient (Wildman–Crippen LogP) is 2.26. The van der Waals surface area contributed by atoms with Crippen molar-refractivity contribution >= 4 is 17.8 Å². The first kappa shape index (κ1) is 20.7. The molecular weight excluding hydrogens is 374 g/mol. The molecule has 0 aliphatic carbocycles. The largest absolute Gasteiger partial charge is 0.463 e. The highest BCUT2D eigenvalue weighted by molar-refractivity contribution is 6.07. The minimum atomic E-state index is -1.68. The molecule has 2 atom stereocenters. The zero-order chi connectivity index (χ0) is 20.7. The predicted molar refractivity (Wildman–Crippen MR) is 105 cm³/mol. The van der Waals surface area contributed by atoms with Gasteiger partial charge in [-0.1, -0.05) is 55.5 Å². The lowest BCUT2D eigenvalue weighted by Gasteiger charge is -2.27. The van der Waals surface area contributed by atoms with Crippen LogP contribution in [-0.2, 0) is 30.2 Å². The quantitative estimate of drug-likeness (QED) is 0.653. The monoisotopic (exact) mass is 397 g/mol. The normalized spacial score (nSPS) is 19.4. The SMILES string of the molecule is CCC(=O)OCC(CO)OC1(Cc2ccccc2)N=C(c2ccccc2)OC1=O. The number of hydrogen-bond acceptors (Lipinski definition) is 7. The molecule has 1 aliphatic rings. The second-order valence-electron chi connectivity index (χ2n) is 6.58. The van der Waals surface area contributed by atoms with Crippen LogP contribution in [0.25, 0.3) is 0 Å². The van der Waals surface area contributed by atoms with E-state index in [4.69, 9.17) is 14.2 Å². The Morgan fingerprint density at radius 3 is 2.41 bits per heavy atom. The van der Waals surface area contributed by atoms with E-state index in [0.29, 0.717) is 5.56 Å². The second-order valence-corrected chi connectivity index (χ2v) is 6.58. The van der Waals surface area contributed by atoms with Crippen molar-refractivity contribution in [3.63, 3.8) is 0 Å². The Balaban J connectivity index is 1.90. The van der Waals surface area contributed by atoms with Crippen molar-refractivity contribution in [3.8, 4) is 0 Å². The summed E-state index contributed by atoms with van der Waals surface area (Å²) in [6.07, 6.45) is -0.618. The van der Waals surface area contributed by atoms with Gasteiger partial charge < -0.3 is 19.3 Å². The fourth-order valence-electron chi connectivity index (χ4n) is 2.89. The van der Waals surface area contributed by atoms with Gasteiger partial charge in [0.25, 0.3) is 5.72 Å². The maximum atomic E-state index is 12.9. The van der Waals surface area contributed by atoms with Gasteiger partial charge in [-0.15, -0.1) is 0 Å². The van der Waals surface area contributed by atoms with Crippen molar-refractivity contribution in [1.82, 2.24) is 0 Å². The number of rotatable bonds is 9. The van der Waals surface area contributed by atoms with Crippen LogP contribution in [0.2, 0.25) is 0 Å². The number of ether oxygens (including phenoxy) is 3. The average molecular weight is 397 g/mol. The van der Waals surface area contributed by atoms with Crippen molar-refractivity contribution in [3.05, 3.63) is 71.8 Å². The molecule has 2 aromatic rings. The summed E-state index contributed by atoms with van der Waals surface area (Å²) in [4.78, 5) is 28.8. The highest BCUT2D eigenvalue weighted by Gasteiger charge is 2.49. The molecule has 2 unspecified atom stereocenters. The number of benzene rings is 2. The van der Waals surface area contributed by atoms with Crippen molar-refractivity contribution in [1.29, 1.82) is 0 Å². The zero-order valence-electron chi connectivity index (χ0n) is 16.1. The molecule has 1 aliphatic heterocycles. The van der Waals surface area contributed by atoms with Crippen LogP contribution in [0.1, 0.15) is 24.5 Å². The molecule has 1 heterocycles. The van der Waals surface area contributed by atoms with Crippen LogP contribution in [0, 0.1) is 0 Å². The van der Waals surface area contributed by atoms with E-state index in [1.54, 1.807) is 19.1 Å². The van der Waals surface area contributed by atoms with E-state index in [2.05, 4.69) is 4.99 Å². The van der Waals surface area contributed by atoms with E-state index < -0.39 is 30.4 Å². The van der Waals surface area contributed by atoms with Crippen LogP contribution in [0.3, 0.4) is 0 Å². The molecule has 0 bridgehead atoms. The molecule has 0 aromatic heterocycles. The first-order chi connectivity index (χ1) is 14.1. The van der Waals surface area contributed by atoms with Crippen molar-refractivity contribution in [2.24, 2.45) is 4.99 Å². The van der Waals surface area contributed by atoms with Gasteiger partial charge in [0.2, 0.25) is 5.90 Å². The Hall–Kier alpha value is -3.03. The Bertz CT molecular complexity index is 867. The summed E-state index contributed by atoms with van der Waals surface area (Å²) in [5, 5.41) is 9.70. The Labute approximate surface area is 168 Å². The first-order valence-corrected chi connectivity index (χ1v) is 9.42. The molecule has 0 fully saturated rings. The second kappa shape index (κ2) is 9.45. The van der Waals surface area contributed by atoms with Gasteiger partial charge in [0.05, 0.1) is 6.61 Å². The van der Waals surface area contributed by atoms with E-state index >= 15 is 0 Å². The number of hydrogen-bond donors (Lipinski definition) is 1. The van der Waals surface area contributed by atoms with Gasteiger partial charge in [0, 0.05) is 18.4 Å². The molecule has 7 heteroatoms. The van der Waals surface area contributed by atoms with Crippen molar-refractivity contribution in [2.75, 3.05) is 13.2 Å². The number of cyclic esters (lactones) is 1. The standard InChI is InChI=1S/C22H23NO6/c1-2-19(25)27-15-18(14-24)29-22(13-16-9-5-3-6-10-16)21(26)28-20(23-22)17-11-7-4-8-12-17/h3-12,18,24H,2,13-15H2,1H3. The number of aliphatic hydroxyl groups is 1. The summed E-state index contributed by atoms with van der Waals surface area (Å²) in [5.74, 6) is -0.958. The number of aliphatic imine (C=N–C) groups is 1. The molecule has 29 heavy (non-hydrogen) atoms. The van der Waals surface area contributed by atoms with E-state index in [1.807, 2.05) is 48.5 Å². The fourth-order valence-corrected chi connectivity index (χ4v) is 2.89. The lowest BCUT2D eigenvalue weighted by molar-refractivity contribution is -0.176. The smallest absolute Gasteiger partial charge is 0.369 e. The summed E-state index contributed by atoms with van der Waals surface area (Å²) < 4.78 is 16.4. The molecule has 2 aromatic carbocycles. The number of carbonyl (C=O) groups excluding carboxylic acids is 2. The van der Waals surface area contributed by atoms with E-state index in [0.717, 1.165) is 5.56 Å². The number of aliphatic hydroxyl groups excluding tert-OH is 1. The molecule has 0 saturated carbocycles. The first-order valence-electron chi connectivity index (χ1n) is 9.42. The number of carbonyl (C=O) groups is 2. The molecule has 0 spiro atoms. The maximum Gasteiger partial charge on any atom is 0.369 e. The van der Waals surface area contributed by atoms with Crippen LogP contribution in [0.15, 0.2) is 65.7 Å². The highest BCUT2D eigenvalue weighted by atomic mass is 16.6. The van der Waals surface area contributed by atoms with Crippen LogP contribution in [0.5, 0.6) is 0 Å². The minimum absolute atomic E-state index is 0.112. The third-order valence-corrected chi connectivity index (χ3v) is 4.38. The Morgan fingerprint density at radius 1 is 1.14 bits per heavy atom. The lowest BCUT2D eigenvalue weighted by atomic mass is 10.0. The molecule has 0 amide bonds. The van der Waals surface area contributed by atoms with Gasteiger partial charge in [-0.25, -0.2) is 9.79 Å². The number of nitrogens with zero attached hydrogens (tertiary/aromatic N) is 1. The van der Waals surface area contributed by atoms with Gasteiger partial charge in [0.1, 0.15) is 12.7 Å². The van der Waals surface area contributed by atoms with E-state index in [1.165, 1.54) is 0 Å². The molecule has 1 N–H and O–H groups in total. The topological polar surface area (TPSA) is 94.4 Å². The van der Waals surface area contributed by atoms with Crippen molar-refractivity contribution < 1.29 is 28.9 Å². The van der Waals surface area contributed by atoms with E-state index in [-0.39, 0.29) is 25.3 Å². The fraction of sp³-hybridized carbons (Fsp3) is 0.318.